The van der Waals surface area contributed by atoms with Gasteiger partial charge in [0, 0.05) is 23.7 Å². The Labute approximate surface area is 161 Å². The number of aromatic nitrogens is 1. The van der Waals surface area contributed by atoms with Crippen molar-refractivity contribution in [2.24, 2.45) is 0 Å². The molecule has 1 aromatic heterocycles. The molecule has 2 N–H and O–H groups in total. The minimum Gasteiger partial charge on any atom is -0.444 e. The van der Waals surface area contributed by atoms with Crippen LogP contribution < -0.4 is 10.6 Å². The first-order chi connectivity index (χ1) is 13.5. The third-order valence-electron chi connectivity index (χ3n) is 4.09. The molecule has 0 saturated carbocycles. The molecule has 1 heterocycles. The Balaban J connectivity index is 1.96. The highest BCUT2D eigenvalue weighted by molar-refractivity contribution is 6.05. The highest BCUT2D eigenvalue weighted by Crippen LogP contribution is 2.24. The predicted molar refractivity (Wildman–Crippen MR) is 104 cm³/mol. The number of para-hydroxylation sites is 1. The van der Waals surface area contributed by atoms with E-state index in [2.05, 4.69) is 15.6 Å². The van der Waals surface area contributed by atoms with Gasteiger partial charge in [-0.3, -0.25) is 15.1 Å². The Hall–Kier alpha value is -3.74. The Kier molecular flexibility index (Phi) is 5.64. The van der Waals surface area contributed by atoms with E-state index in [-0.39, 0.29) is 0 Å². The van der Waals surface area contributed by atoms with Crippen molar-refractivity contribution >= 4 is 28.8 Å². The minimum atomic E-state index is -1.28. The molecule has 0 aliphatic heterocycles. The number of benzene rings is 2. The van der Waals surface area contributed by atoms with E-state index in [9.17, 15) is 14.4 Å². The zero-order chi connectivity index (χ0) is 20.1. The molecule has 3 amide bonds. The van der Waals surface area contributed by atoms with Crippen LogP contribution in [0.4, 0.5) is 4.79 Å². The number of urea groups is 1. The molecule has 1 atom stereocenters. The maximum Gasteiger partial charge on any atom is 0.340 e. The van der Waals surface area contributed by atoms with Crippen LogP contribution in [0, 0.1) is 6.92 Å². The Bertz CT molecular complexity index is 1030. The number of ether oxygens (including phenoxy) is 1. The number of amides is 3. The van der Waals surface area contributed by atoms with Crippen LogP contribution in [-0.2, 0) is 9.53 Å². The van der Waals surface area contributed by atoms with E-state index >= 15 is 0 Å². The van der Waals surface area contributed by atoms with Crippen LogP contribution in [-0.4, -0.2) is 29.9 Å². The van der Waals surface area contributed by atoms with Gasteiger partial charge in [-0.25, -0.2) is 9.59 Å². The van der Waals surface area contributed by atoms with E-state index < -0.39 is 24.0 Å². The fourth-order valence-corrected chi connectivity index (χ4v) is 2.79. The summed E-state index contributed by atoms with van der Waals surface area (Å²) in [5.74, 6) is -1.42. The number of fused-ring (bicyclic) bond motifs is 1. The third-order valence-corrected chi connectivity index (χ3v) is 4.09. The lowest BCUT2D eigenvalue weighted by atomic mass is 10.1. The van der Waals surface area contributed by atoms with Crippen molar-refractivity contribution in [3.8, 4) is 0 Å². The number of imide groups is 1. The molecule has 2 aromatic carbocycles. The molecule has 3 rings (SSSR count). The SMILES string of the molecule is CNC(=O)NC(=O)[C@@H](OC(=O)c1cc(C)nc2ccccc12)c1ccccc1. The fourth-order valence-electron chi connectivity index (χ4n) is 2.79. The summed E-state index contributed by atoms with van der Waals surface area (Å²) in [4.78, 5) is 41.4. The largest absolute Gasteiger partial charge is 0.444 e. The summed E-state index contributed by atoms with van der Waals surface area (Å²) in [6.07, 6.45) is -1.28. The normalized spacial score (nSPS) is 11.5. The monoisotopic (exact) mass is 377 g/mol. The number of esters is 1. The van der Waals surface area contributed by atoms with Crippen LogP contribution in [0.15, 0.2) is 60.7 Å². The van der Waals surface area contributed by atoms with Gasteiger partial charge < -0.3 is 10.1 Å². The summed E-state index contributed by atoms with van der Waals surface area (Å²) in [5.41, 5.74) is 2.06. The predicted octanol–water partition coefficient (Wildman–Crippen LogP) is 2.90. The summed E-state index contributed by atoms with van der Waals surface area (Å²) in [6.45, 7) is 1.77. The first-order valence-electron chi connectivity index (χ1n) is 8.64. The number of hydrogen-bond donors (Lipinski definition) is 2. The van der Waals surface area contributed by atoms with Gasteiger partial charge in [0.15, 0.2) is 0 Å². The maximum absolute atomic E-state index is 12.9. The van der Waals surface area contributed by atoms with E-state index in [0.717, 1.165) is 0 Å². The number of carbonyl (C=O) groups is 3. The van der Waals surface area contributed by atoms with Crippen LogP contribution >= 0.6 is 0 Å². The molecule has 7 nitrogen and oxygen atoms in total. The molecule has 0 radical (unpaired) electrons. The molecule has 7 heteroatoms. The molecule has 28 heavy (non-hydrogen) atoms. The van der Waals surface area contributed by atoms with Crippen molar-refractivity contribution in [3.63, 3.8) is 0 Å². The van der Waals surface area contributed by atoms with Crippen LogP contribution in [0.5, 0.6) is 0 Å². The quantitative estimate of drug-likeness (QED) is 0.682. The van der Waals surface area contributed by atoms with E-state index in [1.165, 1.54) is 7.05 Å². The molecule has 0 bridgehead atoms. The second-order valence-corrected chi connectivity index (χ2v) is 6.09. The number of hydrogen-bond acceptors (Lipinski definition) is 5. The van der Waals surface area contributed by atoms with Gasteiger partial charge in [-0.1, -0.05) is 48.5 Å². The summed E-state index contributed by atoms with van der Waals surface area (Å²) in [5, 5.41) is 5.08. The van der Waals surface area contributed by atoms with Gasteiger partial charge in [0.2, 0.25) is 6.10 Å². The van der Waals surface area contributed by atoms with Gasteiger partial charge in [0.05, 0.1) is 11.1 Å². The molecule has 0 aliphatic carbocycles. The lowest BCUT2D eigenvalue weighted by Gasteiger charge is -2.18. The van der Waals surface area contributed by atoms with Crippen molar-refractivity contribution in [1.82, 2.24) is 15.6 Å². The van der Waals surface area contributed by atoms with Gasteiger partial charge in [-0.15, -0.1) is 0 Å². The smallest absolute Gasteiger partial charge is 0.340 e. The topological polar surface area (TPSA) is 97.4 Å². The molecule has 0 saturated heterocycles. The number of nitrogens with one attached hydrogen (secondary N) is 2. The van der Waals surface area contributed by atoms with Crippen LogP contribution in [0.2, 0.25) is 0 Å². The standard InChI is InChI=1S/C21H19N3O4/c1-13-12-16(15-10-6-7-11-17(15)23-13)20(26)28-18(14-8-4-3-5-9-14)19(25)24-21(27)22-2/h3-12,18H,1-2H3,(H2,22,24,25,27)/t18-/m0/s1. The van der Waals surface area contributed by atoms with Crippen molar-refractivity contribution in [1.29, 1.82) is 0 Å². The zero-order valence-electron chi connectivity index (χ0n) is 15.4. The Morgan fingerprint density at radius 3 is 2.39 bits per heavy atom. The van der Waals surface area contributed by atoms with E-state index in [1.54, 1.807) is 61.5 Å². The molecular formula is C21H19N3O4. The summed E-state index contributed by atoms with van der Waals surface area (Å²) in [6, 6.07) is 16.6. The third kappa shape index (κ3) is 4.15. The molecule has 0 spiro atoms. The van der Waals surface area contributed by atoms with Gasteiger partial charge in [0.1, 0.15) is 0 Å². The summed E-state index contributed by atoms with van der Waals surface area (Å²) in [7, 11) is 1.39. The summed E-state index contributed by atoms with van der Waals surface area (Å²) < 4.78 is 5.53. The zero-order valence-corrected chi connectivity index (χ0v) is 15.4. The molecular weight excluding hydrogens is 358 g/mol. The van der Waals surface area contributed by atoms with E-state index in [1.807, 2.05) is 6.07 Å². The lowest BCUT2D eigenvalue weighted by Crippen LogP contribution is -2.41. The van der Waals surface area contributed by atoms with Gasteiger partial charge in [-0.2, -0.15) is 0 Å². The van der Waals surface area contributed by atoms with Crippen molar-refractivity contribution < 1.29 is 19.1 Å². The van der Waals surface area contributed by atoms with Gasteiger partial charge in [0.25, 0.3) is 5.91 Å². The Morgan fingerprint density at radius 2 is 1.68 bits per heavy atom. The first kappa shape index (κ1) is 19.0. The van der Waals surface area contributed by atoms with E-state index in [0.29, 0.717) is 27.7 Å². The number of nitrogens with zero attached hydrogens (tertiary/aromatic N) is 1. The number of aryl methyl sites for hydroxylation is 1. The van der Waals surface area contributed by atoms with Crippen molar-refractivity contribution in [2.75, 3.05) is 7.05 Å². The molecule has 0 unspecified atom stereocenters. The van der Waals surface area contributed by atoms with E-state index in [4.69, 9.17) is 4.74 Å². The number of carbonyl (C=O) groups excluding carboxylic acids is 3. The highest BCUT2D eigenvalue weighted by Gasteiger charge is 2.27. The van der Waals surface area contributed by atoms with Gasteiger partial charge >= 0.3 is 12.0 Å². The van der Waals surface area contributed by atoms with Crippen molar-refractivity contribution in [3.05, 3.63) is 77.5 Å². The summed E-state index contributed by atoms with van der Waals surface area (Å²) >= 11 is 0. The highest BCUT2D eigenvalue weighted by atomic mass is 16.5. The van der Waals surface area contributed by atoms with Crippen LogP contribution in [0.3, 0.4) is 0 Å². The first-order valence-corrected chi connectivity index (χ1v) is 8.64. The van der Waals surface area contributed by atoms with Gasteiger partial charge in [-0.05, 0) is 19.1 Å². The molecule has 0 fully saturated rings. The van der Waals surface area contributed by atoms with Crippen LogP contribution in [0.25, 0.3) is 10.9 Å². The number of rotatable bonds is 4. The molecule has 3 aromatic rings. The van der Waals surface area contributed by atoms with Crippen LogP contribution in [0.1, 0.15) is 27.7 Å². The van der Waals surface area contributed by atoms with Crippen molar-refractivity contribution in [2.45, 2.75) is 13.0 Å². The second kappa shape index (κ2) is 8.30. The minimum absolute atomic E-state index is 0.303. The average Bonchev–Trinajstić information content (AvgIpc) is 2.71. The maximum atomic E-state index is 12.9. The Morgan fingerprint density at radius 1 is 1.00 bits per heavy atom. The average molecular weight is 377 g/mol. The number of pyridine rings is 1. The molecule has 0 aliphatic rings. The second-order valence-electron chi connectivity index (χ2n) is 6.09. The fraction of sp³-hybridized carbons (Fsp3) is 0.143. The lowest BCUT2D eigenvalue weighted by molar-refractivity contribution is -0.129. The molecule has 142 valence electrons.